The molecule has 0 aromatic rings. The molecule has 2 saturated heterocycles. The molecule has 254 valence electrons. The molecule has 6 N–H and O–H groups in total. The molecule has 1 amide bonds. The summed E-state index contributed by atoms with van der Waals surface area (Å²) in [6.07, 6.45) is 2.48. The van der Waals surface area contributed by atoms with Gasteiger partial charge in [0.25, 0.3) is 0 Å². The summed E-state index contributed by atoms with van der Waals surface area (Å²) < 4.78 is 17.8. The topological polar surface area (TPSA) is 178 Å². The minimum absolute atomic E-state index is 0.0435. The van der Waals surface area contributed by atoms with Crippen molar-refractivity contribution in [2.45, 2.75) is 152 Å². The summed E-state index contributed by atoms with van der Waals surface area (Å²) in [6, 6.07) is 0.608. The largest absolute Gasteiger partial charge is 0.394 e. The Bertz CT molecular complexity index is 889. The highest BCUT2D eigenvalue weighted by molar-refractivity contribution is 5.84. The number of nitrogens with zero attached hydrogens (tertiary/aromatic N) is 1. The van der Waals surface area contributed by atoms with Crippen molar-refractivity contribution in [3.05, 3.63) is 0 Å². The van der Waals surface area contributed by atoms with Crippen molar-refractivity contribution in [2.24, 2.45) is 11.8 Å². The van der Waals surface area contributed by atoms with Crippen molar-refractivity contribution < 1.29 is 49.3 Å². The molecular weight excluding hydrogens is 572 g/mol. The minimum atomic E-state index is -1.56. The van der Waals surface area contributed by atoms with Crippen molar-refractivity contribution in [1.29, 1.82) is 0 Å². The zero-order valence-corrected chi connectivity index (χ0v) is 26.3. The highest BCUT2D eigenvalue weighted by Crippen LogP contribution is 2.40. The lowest BCUT2D eigenvalue weighted by molar-refractivity contribution is -0.314. The first-order valence-corrected chi connectivity index (χ1v) is 17.0. The first-order valence-electron chi connectivity index (χ1n) is 17.0. The van der Waals surface area contributed by atoms with Crippen LogP contribution in [0.3, 0.4) is 0 Å². The Morgan fingerprint density at radius 3 is 2.52 bits per heavy atom. The average Bonchev–Trinajstić information content (AvgIpc) is 3.82. The van der Waals surface area contributed by atoms with Crippen molar-refractivity contribution >= 4 is 11.7 Å². The molecule has 12 heteroatoms. The molecule has 4 aliphatic rings. The predicted octanol–water partition coefficient (Wildman–Crippen LogP) is 0.986. The van der Waals surface area contributed by atoms with E-state index in [-0.39, 0.29) is 36.2 Å². The molecule has 0 aromatic heterocycles. The van der Waals surface area contributed by atoms with Gasteiger partial charge in [0.2, 0.25) is 5.91 Å². The van der Waals surface area contributed by atoms with Crippen LogP contribution in [0.1, 0.15) is 96.8 Å². The second-order valence-corrected chi connectivity index (χ2v) is 13.2. The van der Waals surface area contributed by atoms with Gasteiger partial charge in [0, 0.05) is 44.5 Å². The lowest BCUT2D eigenvalue weighted by atomic mass is 9.84. The fraction of sp³-hybridized carbons (Fsp3) is 0.938. The molecule has 0 spiro atoms. The van der Waals surface area contributed by atoms with Crippen LogP contribution >= 0.6 is 0 Å². The van der Waals surface area contributed by atoms with E-state index in [2.05, 4.69) is 10.2 Å². The molecule has 0 aromatic carbocycles. The van der Waals surface area contributed by atoms with Crippen LogP contribution in [0.5, 0.6) is 0 Å². The molecule has 4 rings (SSSR count). The van der Waals surface area contributed by atoms with E-state index in [1.54, 1.807) is 0 Å². The zero-order chi connectivity index (χ0) is 31.6. The van der Waals surface area contributed by atoms with Crippen LogP contribution < -0.4 is 5.32 Å². The maximum Gasteiger partial charge on any atom is 0.219 e. The number of aliphatic hydroxyl groups excluding tert-OH is 5. The number of hydrogen-bond acceptors (Lipinski definition) is 11. The van der Waals surface area contributed by atoms with Crippen molar-refractivity contribution in [2.75, 3.05) is 26.3 Å². The van der Waals surface area contributed by atoms with Gasteiger partial charge in [-0.15, -0.1) is 0 Å². The van der Waals surface area contributed by atoms with Crippen LogP contribution in [0.25, 0.3) is 0 Å². The van der Waals surface area contributed by atoms with Crippen LogP contribution in [-0.2, 0) is 23.8 Å². The molecule has 2 saturated carbocycles. The smallest absolute Gasteiger partial charge is 0.219 e. The predicted molar refractivity (Wildman–Crippen MR) is 160 cm³/mol. The van der Waals surface area contributed by atoms with E-state index in [0.717, 1.165) is 51.7 Å². The Balaban J connectivity index is 1.32. The molecule has 2 heterocycles. The van der Waals surface area contributed by atoms with E-state index in [4.69, 9.17) is 14.2 Å². The van der Waals surface area contributed by atoms with Gasteiger partial charge >= 0.3 is 0 Å². The normalized spacial score (nSPS) is 35.6. The molecular formula is C32H56N2O10. The van der Waals surface area contributed by atoms with Gasteiger partial charge in [-0.3, -0.25) is 14.5 Å². The molecule has 2 aliphatic carbocycles. The number of rotatable bonds is 18. The van der Waals surface area contributed by atoms with Crippen LogP contribution in [0, 0.1) is 11.8 Å². The number of nitrogens with one attached hydrogen (secondary N) is 1. The standard InChI is InChI=1S/C32H56N2O10/c1-2-33-27(38)9-6-4-3-5-8-22-23(14-12-21(36)13-15-28-34(20-10-11-20)16-7-17-42-28)25(18-24(22)37)43-32-31(41)30(40)29(39)26(19-35)44-32/h20-23,25-26,28-32,35-36,39-41H,2-19H2,1H3,(H,33,38)/t21-,22-,23-,25-,26?,28?,29-,30+,31?,32+/m1/s1. The fourth-order valence-electron chi connectivity index (χ4n) is 7.19. The summed E-state index contributed by atoms with van der Waals surface area (Å²) in [5.74, 6) is -0.362. The molecule has 3 unspecified atom stereocenters. The van der Waals surface area contributed by atoms with E-state index in [0.29, 0.717) is 44.7 Å². The van der Waals surface area contributed by atoms with Gasteiger partial charge in [0.1, 0.15) is 36.4 Å². The zero-order valence-electron chi connectivity index (χ0n) is 26.3. The summed E-state index contributed by atoms with van der Waals surface area (Å²) in [6.45, 7) is 3.75. The van der Waals surface area contributed by atoms with E-state index < -0.39 is 49.5 Å². The fourth-order valence-corrected chi connectivity index (χ4v) is 7.19. The number of Topliss-reactive ketones (excluding diaryl/α,β-unsaturated/α-hetero) is 1. The summed E-state index contributed by atoms with van der Waals surface area (Å²) >= 11 is 0. The molecule has 44 heavy (non-hydrogen) atoms. The molecule has 10 atom stereocenters. The third kappa shape index (κ3) is 9.89. The maximum atomic E-state index is 13.3. The summed E-state index contributed by atoms with van der Waals surface area (Å²) in [7, 11) is 0. The maximum absolute atomic E-state index is 13.3. The second-order valence-electron chi connectivity index (χ2n) is 13.2. The van der Waals surface area contributed by atoms with Crippen molar-refractivity contribution in [3.63, 3.8) is 0 Å². The number of aliphatic hydroxyl groups is 5. The molecule has 12 nitrogen and oxygen atoms in total. The SMILES string of the molecule is CCNC(=O)CCCCCC[C@H]1C(=O)C[C@@H](O[C@H]2OC(CO)[C@@H](O)[C@H](O)C2O)[C@@H]1CC[C@@H](O)CCC1OCCCN1C1CC1. The van der Waals surface area contributed by atoms with E-state index in [1.165, 1.54) is 12.8 Å². The Hall–Kier alpha value is -1.22. The number of carbonyl (C=O) groups is 2. The number of hydrogen-bond donors (Lipinski definition) is 6. The Morgan fingerprint density at radius 2 is 1.80 bits per heavy atom. The Labute approximate surface area is 261 Å². The second kappa shape index (κ2) is 17.6. The summed E-state index contributed by atoms with van der Waals surface area (Å²) in [5, 5.41) is 54.4. The minimum Gasteiger partial charge on any atom is -0.394 e. The molecule has 2 aliphatic heterocycles. The molecule has 0 radical (unpaired) electrons. The first-order chi connectivity index (χ1) is 21.2. The van der Waals surface area contributed by atoms with E-state index >= 15 is 0 Å². The Kier molecular flexibility index (Phi) is 14.3. The molecule has 4 fully saturated rings. The highest BCUT2D eigenvalue weighted by atomic mass is 16.7. The third-order valence-corrected chi connectivity index (χ3v) is 9.85. The molecule has 0 bridgehead atoms. The number of amides is 1. The lowest BCUT2D eigenvalue weighted by Gasteiger charge is -2.41. The lowest BCUT2D eigenvalue weighted by Crippen LogP contribution is -2.59. The Morgan fingerprint density at radius 1 is 1.05 bits per heavy atom. The number of unbranched alkanes of at least 4 members (excludes halogenated alkanes) is 3. The highest BCUT2D eigenvalue weighted by Gasteiger charge is 2.49. The van der Waals surface area contributed by atoms with Gasteiger partial charge in [-0.2, -0.15) is 0 Å². The van der Waals surface area contributed by atoms with Crippen LogP contribution in [0.4, 0.5) is 0 Å². The summed E-state index contributed by atoms with van der Waals surface area (Å²) in [5.41, 5.74) is 0. The first kappa shape index (κ1) is 35.6. The van der Waals surface area contributed by atoms with Gasteiger partial charge in [-0.25, -0.2) is 0 Å². The average molecular weight is 629 g/mol. The quantitative estimate of drug-likeness (QED) is 0.119. The third-order valence-electron chi connectivity index (χ3n) is 9.85. The van der Waals surface area contributed by atoms with Crippen LogP contribution in [-0.4, -0.2) is 124 Å². The number of carbonyl (C=O) groups excluding carboxylic acids is 2. The van der Waals surface area contributed by atoms with Gasteiger partial charge < -0.3 is 45.1 Å². The van der Waals surface area contributed by atoms with Crippen molar-refractivity contribution in [1.82, 2.24) is 10.2 Å². The van der Waals surface area contributed by atoms with E-state index in [9.17, 15) is 35.1 Å². The van der Waals surface area contributed by atoms with Gasteiger partial charge in [0.15, 0.2) is 6.29 Å². The van der Waals surface area contributed by atoms with Gasteiger partial charge in [-0.05, 0) is 70.6 Å². The van der Waals surface area contributed by atoms with Crippen molar-refractivity contribution in [3.8, 4) is 0 Å². The number of ketones is 1. The monoisotopic (exact) mass is 628 g/mol. The van der Waals surface area contributed by atoms with Crippen LogP contribution in [0.2, 0.25) is 0 Å². The van der Waals surface area contributed by atoms with Crippen LogP contribution in [0.15, 0.2) is 0 Å². The number of ether oxygens (including phenoxy) is 3. The van der Waals surface area contributed by atoms with Gasteiger partial charge in [-0.1, -0.05) is 19.3 Å². The summed E-state index contributed by atoms with van der Waals surface area (Å²) in [4.78, 5) is 27.4. The van der Waals surface area contributed by atoms with E-state index in [1.807, 2.05) is 6.92 Å². The van der Waals surface area contributed by atoms with Gasteiger partial charge in [0.05, 0.1) is 18.8 Å².